The lowest BCUT2D eigenvalue weighted by Gasteiger charge is -2.21. The van der Waals surface area contributed by atoms with Gasteiger partial charge in [-0.05, 0) is 44.7 Å². The summed E-state index contributed by atoms with van der Waals surface area (Å²) in [5, 5.41) is 0.431. The Hall–Kier alpha value is -3.08. The van der Waals surface area contributed by atoms with Crippen LogP contribution < -0.4 is 10.2 Å². The maximum Gasteiger partial charge on any atom is 0.344 e. The van der Waals surface area contributed by atoms with E-state index in [0.29, 0.717) is 22.3 Å². The maximum atomic E-state index is 13.1. The molecule has 0 spiro atoms. The molecule has 0 radical (unpaired) electrons. The maximum absolute atomic E-state index is 13.1. The van der Waals surface area contributed by atoms with Crippen LogP contribution in [0, 0.1) is 6.92 Å². The zero-order valence-corrected chi connectivity index (χ0v) is 16.5. The number of benzene rings is 2. The van der Waals surface area contributed by atoms with E-state index in [1.54, 1.807) is 12.1 Å². The predicted octanol–water partition coefficient (Wildman–Crippen LogP) is 5.02. The number of rotatable bonds is 5. The van der Waals surface area contributed by atoms with Crippen molar-refractivity contribution in [3.63, 3.8) is 0 Å². The van der Waals surface area contributed by atoms with Crippen molar-refractivity contribution in [3.8, 4) is 17.1 Å². The van der Waals surface area contributed by atoms with Crippen LogP contribution in [0.5, 0.6) is 5.75 Å². The number of ether oxygens (including phenoxy) is 2. The quantitative estimate of drug-likeness (QED) is 0.570. The zero-order chi connectivity index (χ0) is 20.2. The van der Waals surface area contributed by atoms with Crippen LogP contribution in [0.25, 0.3) is 22.3 Å². The highest BCUT2D eigenvalue weighted by atomic mass is 16.6. The summed E-state index contributed by atoms with van der Waals surface area (Å²) in [6.07, 6.45) is 5.05. The molecule has 3 aromatic rings. The van der Waals surface area contributed by atoms with E-state index < -0.39 is 5.97 Å². The summed E-state index contributed by atoms with van der Waals surface area (Å²) in [5.74, 6) is -0.105. The van der Waals surface area contributed by atoms with E-state index in [0.717, 1.165) is 31.2 Å². The van der Waals surface area contributed by atoms with Gasteiger partial charge in [-0.25, -0.2) is 4.79 Å². The highest BCUT2D eigenvalue weighted by Gasteiger charge is 2.21. The summed E-state index contributed by atoms with van der Waals surface area (Å²) in [4.78, 5) is 25.4. The van der Waals surface area contributed by atoms with Gasteiger partial charge in [-0.1, -0.05) is 48.4 Å². The third-order valence-corrected chi connectivity index (χ3v) is 5.22. The molecule has 0 saturated heterocycles. The van der Waals surface area contributed by atoms with Crippen molar-refractivity contribution in [2.45, 2.75) is 45.1 Å². The Balaban J connectivity index is 1.65. The minimum Gasteiger partial charge on any atom is -0.474 e. The summed E-state index contributed by atoms with van der Waals surface area (Å²) < 4.78 is 17.2. The third kappa shape index (κ3) is 4.34. The van der Waals surface area contributed by atoms with E-state index in [-0.39, 0.29) is 23.9 Å². The molecule has 29 heavy (non-hydrogen) atoms. The summed E-state index contributed by atoms with van der Waals surface area (Å²) in [7, 11) is 0. The summed E-state index contributed by atoms with van der Waals surface area (Å²) in [6.45, 7) is 1.59. The van der Waals surface area contributed by atoms with Crippen molar-refractivity contribution in [1.29, 1.82) is 0 Å². The van der Waals surface area contributed by atoms with Gasteiger partial charge in [0, 0.05) is 5.56 Å². The first-order valence-electron chi connectivity index (χ1n) is 10.1. The Morgan fingerprint density at radius 3 is 2.59 bits per heavy atom. The molecule has 5 nitrogen and oxygen atoms in total. The molecule has 0 amide bonds. The van der Waals surface area contributed by atoms with Crippen LogP contribution >= 0.6 is 0 Å². The fourth-order valence-electron chi connectivity index (χ4n) is 3.74. The van der Waals surface area contributed by atoms with Crippen molar-refractivity contribution in [3.05, 3.63) is 64.3 Å². The largest absolute Gasteiger partial charge is 0.474 e. The van der Waals surface area contributed by atoms with Crippen LogP contribution in [0.15, 0.2) is 57.7 Å². The van der Waals surface area contributed by atoms with Crippen molar-refractivity contribution < 1.29 is 18.7 Å². The second-order valence-corrected chi connectivity index (χ2v) is 7.49. The topological polar surface area (TPSA) is 65.7 Å². The molecule has 0 bridgehead atoms. The average Bonchev–Trinajstić information content (AvgIpc) is 2.74. The highest BCUT2D eigenvalue weighted by molar-refractivity contribution is 5.83. The summed E-state index contributed by atoms with van der Waals surface area (Å²) in [5.41, 5.74) is 1.85. The van der Waals surface area contributed by atoms with E-state index in [1.807, 2.05) is 43.3 Å². The fourth-order valence-corrected chi connectivity index (χ4v) is 3.74. The van der Waals surface area contributed by atoms with E-state index in [4.69, 9.17) is 13.9 Å². The van der Waals surface area contributed by atoms with Crippen LogP contribution in [-0.2, 0) is 9.53 Å². The van der Waals surface area contributed by atoms with Crippen molar-refractivity contribution in [2.24, 2.45) is 0 Å². The minimum atomic E-state index is -0.459. The van der Waals surface area contributed by atoms with Crippen molar-refractivity contribution in [2.75, 3.05) is 6.61 Å². The van der Waals surface area contributed by atoms with E-state index in [1.165, 1.54) is 6.42 Å². The zero-order valence-electron chi connectivity index (χ0n) is 16.5. The first-order valence-corrected chi connectivity index (χ1v) is 10.1. The molecular weight excluding hydrogens is 368 g/mol. The monoisotopic (exact) mass is 392 g/mol. The van der Waals surface area contributed by atoms with Gasteiger partial charge in [0.05, 0.1) is 5.39 Å². The normalized spacial score (nSPS) is 14.7. The average molecular weight is 392 g/mol. The Bertz CT molecular complexity index is 1060. The Morgan fingerprint density at radius 1 is 1.07 bits per heavy atom. The molecule has 1 saturated carbocycles. The first-order chi connectivity index (χ1) is 14.1. The Kier molecular flexibility index (Phi) is 5.65. The fraction of sp³-hybridized carbons (Fsp3) is 0.333. The van der Waals surface area contributed by atoms with Gasteiger partial charge >= 0.3 is 5.97 Å². The smallest absolute Gasteiger partial charge is 0.344 e. The van der Waals surface area contributed by atoms with Crippen molar-refractivity contribution in [1.82, 2.24) is 0 Å². The molecule has 0 aliphatic heterocycles. The van der Waals surface area contributed by atoms with Crippen LogP contribution in [0.2, 0.25) is 0 Å². The lowest BCUT2D eigenvalue weighted by Crippen LogP contribution is -2.25. The molecule has 0 N–H and O–H groups in total. The number of esters is 1. The third-order valence-electron chi connectivity index (χ3n) is 5.22. The molecule has 150 valence electrons. The minimum absolute atomic E-state index is 0.0369. The van der Waals surface area contributed by atoms with Gasteiger partial charge in [0.2, 0.25) is 11.2 Å². The number of fused-ring (bicyclic) bond motifs is 1. The van der Waals surface area contributed by atoms with E-state index in [2.05, 4.69) is 0 Å². The number of carbonyl (C=O) groups excluding carboxylic acids is 1. The molecular formula is C24H24O5. The van der Waals surface area contributed by atoms with Crippen LogP contribution in [0.4, 0.5) is 0 Å². The van der Waals surface area contributed by atoms with Gasteiger partial charge in [0.1, 0.15) is 11.7 Å². The molecule has 1 aliphatic carbocycles. The Morgan fingerprint density at radius 2 is 1.83 bits per heavy atom. The SMILES string of the molecule is Cc1ccc2oc(-c3ccccc3)c(OCC(=O)OC3CCCCC3)c(=O)c2c1. The van der Waals surface area contributed by atoms with Gasteiger partial charge < -0.3 is 13.9 Å². The molecule has 1 heterocycles. The van der Waals surface area contributed by atoms with Gasteiger partial charge in [0.25, 0.3) is 0 Å². The van der Waals surface area contributed by atoms with Crippen molar-refractivity contribution >= 4 is 16.9 Å². The van der Waals surface area contributed by atoms with Gasteiger partial charge in [-0.3, -0.25) is 4.79 Å². The van der Waals surface area contributed by atoms with Gasteiger partial charge in [-0.15, -0.1) is 0 Å². The molecule has 1 aliphatic rings. The number of hydrogen-bond donors (Lipinski definition) is 0. The lowest BCUT2D eigenvalue weighted by molar-refractivity contribution is -0.152. The Labute approximate surface area is 169 Å². The second-order valence-electron chi connectivity index (χ2n) is 7.49. The first kappa shape index (κ1) is 19.2. The van der Waals surface area contributed by atoms with Crippen LogP contribution in [-0.4, -0.2) is 18.7 Å². The van der Waals surface area contributed by atoms with Gasteiger partial charge in [-0.2, -0.15) is 0 Å². The summed E-state index contributed by atoms with van der Waals surface area (Å²) >= 11 is 0. The molecule has 2 aromatic carbocycles. The van der Waals surface area contributed by atoms with Crippen LogP contribution in [0.1, 0.15) is 37.7 Å². The standard InChI is InChI=1S/C24H24O5/c1-16-12-13-20-19(14-16)22(26)24(23(29-20)17-8-4-2-5-9-17)27-15-21(25)28-18-10-6-3-7-11-18/h2,4-5,8-9,12-14,18H,3,6-7,10-11,15H2,1H3. The predicted molar refractivity (Wildman–Crippen MR) is 111 cm³/mol. The number of hydrogen-bond acceptors (Lipinski definition) is 5. The molecule has 0 unspecified atom stereocenters. The molecule has 5 heteroatoms. The van der Waals surface area contributed by atoms with Crippen LogP contribution in [0.3, 0.4) is 0 Å². The molecule has 1 fully saturated rings. The number of aryl methyl sites for hydroxylation is 1. The number of carbonyl (C=O) groups is 1. The molecule has 1 aromatic heterocycles. The lowest BCUT2D eigenvalue weighted by atomic mass is 9.98. The molecule has 4 rings (SSSR count). The van der Waals surface area contributed by atoms with E-state index in [9.17, 15) is 9.59 Å². The second kappa shape index (κ2) is 8.52. The molecule has 0 atom stereocenters. The summed E-state index contributed by atoms with van der Waals surface area (Å²) in [6, 6.07) is 14.7. The van der Waals surface area contributed by atoms with E-state index >= 15 is 0 Å². The van der Waals surface area contributed by atoms with Gasteiger partial charge in [0.15, 0.2) is 12.4 Å². The highest BCUT2D eigenvalue weighted by Crippen LogP contribution is 2.31.